The molecule has 1 fully saturated rings. The molecule has 1 aliphatic rings. The largest absolute Gasteiger partial charge is 0.480 e. The van der Waals surface area contributed by atoms with E-state index in [0.29, 0.717) is 19.3 Å². The van der Waals surface area contributed by atoms with Gasteiger partial charge in [-0.2, -0.15) is 22.8 Å². The van der Waals surface area contributed by atoms with Crippen LogP contribution < -0.4 is 4.72 Å². The number of aliphatic carboxylic acids is 1. The molecule has 106 valence electrons. The molecule has 0 aromatic carbocycles. The first-order valence-electron chi connectivity index (χ1n) is 5.78. The predicted octanol–water partition coefficient (Wildman–Crippen LogP) is -0.589. The summed E-state index contributed by atoms with van der Waals surface area (Å²) in [7, 11) is -2.41. The highest BCUT2D eigenvalue weighted by atomic mass is 32.2. The van der Waals surface area contributed by atoms with Crippen LogP contribution in [0, 0.1) is 0 Å². The summed E-state index contributed by atoms with van der Waals surface area (Å²) in [5.74, 6) is -1.09. The van der Waals surface area contributed by atoms with Crippen LogP contribution in [0.4, 0.5) is 5.95 Å². The van der Waals surface area contributed by atoms with Crippen LogP contribution in [0.3, 0.4) is 0 Å². The lowest BCUT2D eigenvalue weighted by atomic mass is 10.1. The Kier molecular flexibility index (Phi) is 3.71. The SMILES string of the molecule is Cn1ncnc1NS(=O)(=O)N1CCCCC1C(=O)O. The molecule has 2 heterocycles. The lowest BCUT2D eigenvalue weighted by Crippen LogP contribution is -2.50. The number of carboxylic acid groups (broad SMARTS) is 1. The van der Waals surface area contributed by atoms with Gasteiger partial charge < -0.3 is 5.11 Å². The summed E-state index contributed by atoms with van der Waals surface area (Å²) in [4.78, 5) is 14.9. The molecule has 0 spiro atoms. The highest BCUT2D eigenvalue weighted by molar-refractivity contribution is 7.90. The van der Waals surface area contributed by atoms with Gasteiger partial charge in [0.1, 0.15) is 12.4 Å². The van der Waals surface area contributed by atoms with Crippen LogP contribution in [0.25, 0.3) is 0 Å². The Morgan fingerprint density at radius 2 is 2.26 bits per heavy atom. The van der Waals surface area contributed by atoms with Gasteiger partial charge in [0.25, 0.3) is 0 Å². The summed E-state index contributed by atoms with van der Waals surface area (Å²) in [6.45, 7) is 0.185. The number of hydrogen-bond acceptors (Lipinski definition) is 5. The van der Waals surface area contributed by atoms with E-state index >= 15 is 0 Å². The molecule has 2 rings (SSSR count). The van der Waals surface area contributed by atoms with E-state index in [-0.39, 0.29) is 12.5 Å². The topological polar surface area (TPSA) is 117 Å². The van der Waals surface area contributed by atoms with Crippen molar-refractivity contribution in [1.29, 1.82) is 0 Å². The van der Waals surface area contributed by atoms with Gasteiger partial charge >= 0.3 is 16.2 Å². The van der Waals surface area contributed by atoms with Crippen LogP contribution in [0.1, 0.15) is 19.3 Å². The van der Waals surface area contributed by atoms with Crippen molar-refractivity contribution in [3.63, 3.8) is 0 Å². The molecule has 10 heteroatoms. The van der Waals surface area contributed by atoms with Crippen LogP contribution in [0.5, 0.6) is 0 Å². The van der Waals surface area contributed by atoms with Crippen LogP contribution in [0.2, 0.25) is 0 Å². The van der Waals surface area contributed by atoms with Crippen molar-refractivity contribution < 1.29 is 18.3 Å². The summed E-state index contributed by atoms with van der Waals surface area (Å²) >= 11 is 0. The number of hydrogen-bond donors (Lipinski definition) is 2. The smallest absolute Gasteiger partial charge is 0.322 e. The minimum absolute atomic E-state index is 0.0507. The highest BCUT2D eigenvalue weighted by Gasteiger charge is 2.37. The summed E-state index contributed by atoms with van der Waals surface area (Å²) in [6, 6.07) is -1.03. The molecule has 9 nitrogen and oxygen atoms in total. The predicted molar refractivity (Wildman–Crippen MR) is 65.5 cm³/mol. The fourth-order valence-corrected chi connectivity index (χ4v) is 3.43. The summed E-state index contributed by atoms with van der Waals surface area (Å²) in [5, 5.41) is 12.8. The molecule has 1 unspecified atom stereocenters. The molecule has 0 radical (unpaired) electrons. The minimum Gasteiger partial charge on any atom is -0.480 e. The lowest BCUT2D eigenvalue weighted by Gasteiger charge is -2.31. The van der Waals surface area contributed by atoms with Gasteiger partial charge in [-0.25, -0.2) is 9.40 Å². The normalized spacial score (nSPS) is 21.2. The van der Waals surface area contributed by atoms with Crippen molar-refractivity contribution >= 4 is 22.1 Å². The quantitative estimate of drug-likeness (QED) is 0.765. The first-order valence-corrected chi connectivity index (χ1v) is 7.22. The van der Waals surface area contributed by atoms with Crippen LogP contribution in [-0.2, 0) is 22.1 Å². The number of rotatable bonds is 4. The van der Waals surface area contributed by atoms with E-state index in [2.05, 4.69) is 14.8 Å². The Balaban J connectivity index is 2.22. The molecule has 1 aliphatic heterocycles. The molecule has 1 aromatic heterocycles. The summed E-state index contributed by atoms with van der Waals surface area (Å²) in [5.41, 5.74) is 0. The Hall–Kier alpha value is -1.68. The van der Waals surface area contributed by atoms with Crippen LogP contribution in [0.15, 0.2) is 6.33 Å². The van der Waals surface area contributed by atoms with E-state index in [0.717, 1.165) is 4.31 Å². The molecule has 0 bridgehead atoms. The van der Waals surface area contributed by atoms with E-state index in [1.807, 2.05) is 0 Å². The lowest BCUT2D eigenvalue weighted by molar-refractivity contribution is -0.142. The second-order valence-electron chi connectivity index (χ2n) is 4.27. The van der Waals surface area contributed by atoms with Crippen molar-refractivity contribution in [3.05, 3.63) is 6.33 Å². The summed E-state index contributed by atoms with van der Waals surface area (Å²) in [6.07, 6.45) is 2.87. The van der Waals surface area contributed by atoms with Gasteiger partial charge in [0.2, 0.25) is 5.95 Å². The molecule has 0 aliphatic carbocycles. The molecule has 1 aromatic rings. The van der Waals surface area contributed by atoms with E-state index < -0.39 is 22.2 Å². The van der Waals surface area contributed by atoms with Gasteiger partial charge in [-0.05, 0) is 19.3 Å². The van der Waals surface area contributed by atoms with Crippen molar-refractivity contribution in [2.75, 3.05) is 11.3 Å². The highest BCUT2D eigenvalue weighted by Crippen LogP contribution is 2.21. The second kappa shape index (κ2) is 5.13. The molecule has 0 amide bonds. The number of piperidine rings is 1. The average Bonchev–Trinajstić information content (AvgIpc) is 2.74. The van der Waals surface area contributed by atoms with E-state index in [4.69, 9.17) is 5.11 Å². The monoisotopic (exact) mass is 289 g/mol. The Labute approximate surface area is 110 Å². The second-order valence-corrected chi connectivity index (χ2v) is 5.90. The number of carboxylic acids is 1. The number of carbonyl (C=O) groups is 1. The Morgan fingerprint density at radius 1 is 1.53 bits per heavy atom. The zero-order valence-corrected chi connectivity index (χ0v) is 11.2. The average molecular weight is 289 g/mol. The zero-order valence-electron chi connectivity index (χ0n) is 10.4. The maximum absolute atomic E-state index is 12.2. The zero-order chi connectivity index (χ0) is 14.0. The fraction of sp³-hybridized carbons (Fsp3) is 0.667. The van der Waals surface area contributed by atoms with Crippen molar-refractivity contribution in [3.8, 4) is 0 Å². The van der Waals surface area contributed by atoms with Crippen molar-refractivity contribution in [2.24, 2.45) is 7.05 Å². The Bertz CT molecular complexity index is 569. The molecule has 1 atom stereocenters. The van der Waals surface area contributed by atoms with E-state index in [1.54, 1.807) is 0 Å². The summed E-state index contributed by atoms with van der Waals surface area (Å²) < 4.78 is 28.9. The standard InChI is InChI=1S/C9H15N5O4S/c1-13-9(10-6-11-13)12-19(17,18)14-5-3-2-4-7(14)8(15)16/h6-7H,2-5H2,1H3,(H,15,16)(H,10,11,12). The van der Waals surface area contributed by atoms with E-state index in [9.17, 15) is 13.2 Å². The van der Waals surface area contributed by atoms with Crippen LogP contribution >= 0.6 is 0 Å². The van der Waals surface area contributed by atoms with Crippen LogP contribution in [-0.4, -0.2) is 51.1 Å². The van der Waals surface area contributed by atoms with Gasteiger partial charge in [-0.15, -0.1) is 0 Å². The van der Waals surface area contributed by atoms with Gasteiger partial charge in [0.05, 0.1) is 0 Å². The molecular weight excluding hydrogens is 274 g/mol. The Morgan fingerprint density at radius 3 is 2.84 bits per heavy atom. The third-order valence-corrected chi connectivity index (χ3v) is 4.47. The number of aromatic nitrogens is 3. The van der Waals surface area contributed by atoms with Crippen molar-refractivity contribution in [1.82, 2.24) is 19.1 Å². The number of aryl methyl sites for hydroxylation is 1. The van der Waals surface area contributed by atoms with Gasteiger partial charge in [0, 0.05) is 13.6 Å². The van der Waals surface area contributed by atoms with Gasteiger partial charge in [-0.1, -0.05) is 0 Å². The number of nitrogens with zero attached hydrogens (tertiary/aromatic N) is 4. The molecule has 2 N–H and O–H groups in total. The number of nitrogens with one attached hydrogen (secondary N) is 1. The fourth-order valence-electron chi connectivity index (χ4n) is 2.00. The van der Waals surface area contributed by atoms with E-state index in [1.165, 1.54) is 18.1 Å². The van der Waals surface area contributed by atoms with Gasteiger partial charge in [0.15, 0.2) is 0 Å². The maximum atomic E-state index is 12.2. The first-order chi connectivity index (χ1) is 8.92. The molecular formula is C9H15N5O4S. The molecule has 0 saturated carbocycles. The molecule has 19 heavy (non-hydrogen) atoms. The molecule has 1 saturated heterocycles. The van der Waals surface area contributed by atoms with Gasteiger partial charge in [-0.3, -0.25) is 4.79 Å². The third kappa shape index (κ3) is 2.84. The maximum Gasteiger partial charge on any atom is 0.322 e. The third-order valence-electron chi connectivity index (χ3n) is 2.98. The van der Waals surface area contributed by atoms with Crippen molar-refractivity contribution in [2.45, 2.75) is 25.3 Å². The minimum atomic E-state index is -3.94. The first kappa shape index (κ1) is 13.7. The number of anilines is 1.